The summed E-state index contributed by atoms with van der Waals surface area (Å²) in [5.74, 6) is -9.18. The van der Waals surface area contributed by atoms with E-state index < -0.39 is 138 Å². The molecule has 30 nitrogen and oxygen atoms in total. The number of esters is 1. The Hall–Kier alpha value is -7.71. The highest BCUT2D eigenvalue weighted by atomic mass is 16.5. The van der Waals surface area contributed by atoms with Gasteiger partial charge in [0, 0.05) is 31.1 Å². The van der Waals surface area contributed by atoms with Crippen LogP contribution in [0.5, 0.6) is 0 Å². The van der Waals surface area contributed by atoms with Gasteiger partial charge in [0.1, 0.15) is 48.3 Å². The van der Waals surface area contributed by atoms with E-state index in [9.17, 15) is 63.0 Å². The number of nitrogens with two attached hydrogens (primary N) is 5. The molecule has 2 aromatic carbocycles. The van der Waals surface area contributed by atoms with Gasteiger partial charge in [0.05, 0.1) is 29.9 Å². The van der Waals surface area contributed by atoms with Crippen molar-refractivity contribution >= 4 is 65.0 Å². The summed E-state index contributed by atoms with van der Waals surface area (Å²) in [6, 6.07) is 0.659. The van der Waals surface area contributed by atoms with Gasteiger partial charge in [-0.3, -0.25) is 47.9 Å². The zero-order chi connectivity index (χ0) is 67.0. The van der Waals surface area contributed by atoms with Crippen LogP contribution in [0.1, 0.15) is 126 Å². The van der Waals surface area contributed by atoms with Crippen LogP contribution in [-0.4, -0.2) is 200 Å². The monoisotopic (exact) mass is 1270 g/mol. The van der Waals surface area contributed by atoms with E-state index in [0.29, 0.717) is 12.0 Å². The predicted octanol–water partition coefficient (Wildman–Crippen LogP) is -4.72. The van der Waals surface area contributed by atoms with Crippen LogP contribution >= 0.6 is 0 Å². The van der Waals surface area contributed by atoms with E-state index in [1.165, 1.54) is 38.1 Å². The minimum Gasteiger partial charge on any atom is -0.459 e. The molecule has 1 aliphatic rings. The van der Waals surface area contributed by atoms with Crippen molar-refractivity contribution in [2.75, 3.05) is 45.8 Å². The van der Waals surface area contributed by atoms with Gasteiger partial charge in [-0.15, -0.1) is 0 Å². The highest BCUT2D eigenvalue weighted by Crippen LogP contribution is 2.14. The molecule has 2 unspecified atom stereocenters. The molecule has 23 N–H and O–H groups in total. The smallest absolute Gasteiger partial charge is 0.338 e. The Balaban J connectivity index is 2.01. The third kappa shape index (κ3) is 26.0. The molecule has 10 amide bonds. The van der Waals surface area contributed by atoms with Gasteiger partial charge < -0.3 is 102 Å². The number of carbonyl (C=O) groups is 11. The topological polar surface area (TPSA) is 500 Å². The lowest BCUT2D eigenvalue weighted by Crippen LogP contribution is -2.61. The number of ether oxygens (including phenoxy) is 1. The van der Waals surface area contributed by atoms with E-state index in [4.69, 9.17) is 33.4 Å². The summed E-state index contributed by atoms with van der Waals surface area (Å²) in [5.41, 5.74) is 30.5. The Kier molecular flexibility index (Phi) is 34.1. The molecule has 30 heteroatoms. The van der Waals surface area contributed by atoms with Gasteiger partial charge in [-0.25, -0.2) is 4.79 Å². The third-order valence-electron chi connectivity index (χ3n) is 14.6. The Labute approximate surface area is 525 Å². The van der Waals surface area contributed by atoms with Crippen molar-refractivity contribution in [1.29, 1.82) is 0 Å². The van der Waals surface area contributed by atoms with Crippen LogP contribution in [0, 0.1) is 5.92 Å². The lowest BCUT2D eigenvalue weighted by molar-refractivity contribution is -0.136. The fourth-order valence-corrected chi connectivity index (χ4v) is 9.67. The number of aliphatic hydroxyl groups is 2. The normalized spacial score (nSPS) is 22.2. The Morgan fingerprint density at radius 2 is 1.09 bits per heavy atom. The number of hydrogen-bond acceptors (Lipinski definition) is 20. The largest absolute Gasteiger partial charge is 0.459 e. The predicted molar refractivity (Wildman–Crippen MR) is 334 cm³/mol. The third-order valence-corrected chi connectivity index (χ3v) is 14.6. The Morgan fingerprint density at radius 1 is 0.578 bits per heavy atom. The minimum absolute atomic E-state index is 0.0231. The molecule has 13 atom stereocenters. The van der Waals surface area contributed by atoms with Gasteiger partial charge in [-0.05, 0) is 141 Å². The molecule has 90 heavy (non-hydrogen) atoms. The van der Waals surface area contributed by atoms with Crippen LogP contribution in [0.25, 0.3) is 0 Å². The van der Waals surface area contributed by atoms with Gasteiger partial charge in [0.15, 0.2) is 0 Å². The number of hydrogen-bond donors (Lipinski definition) is 18. The van der Waals surface area contributed by atoms with Crippen molar-refractivity contribution in [3.63, 3.8) is 0 Å². The number of benzene rings is 2. The molecule has 1 aliphatic heterocycles. The molecule has 1 heterocycles. The molecule has 0 spiro atoms. The van der Waals surface area contributed by atoms with Crippen LogP contribution in [0.2, 0.25) is 0 Å². The van der Waals surface area contributed by atoms with E-state index in [0.717, 1.165) is 6.42 Å². The fourth-order valence-electron chi connectivity index (χ4n) is 9.67. The highest BCUT2D eigenvalue weighted by Gasteiger charge is 2.37. The second kappa shape index (κ2) is 40.1. The molecule has 1 fully saturated rings. The van der Waals surface area contributed by atoms with Crippen molar-refractivity contribution in [3.8, 4) is 0 Å². The molecule has 0 aromatic heterocycles. The number of aliphatic hydroxyl groups excluding tert-OH is 2. The van der Waals surface area contributed by atoms with E-state index >= 15 is 0 Å². The van der Waals surface area contributed by atoms with Crippen molar-refractivity contribution in [2.24, 2.45) is 34.6 Å². The first-order chi connectivity index (χ1) is 42.8. The number of amides is 10. The van der Waals surface area contributed by atoms with Crippen molar-refractivity contribution in [3.05, 3.63) is 71.3 Å². The second-order valence-electron chi connectivity index (χ2n) is 22.8. The molecular formula is C60H98N16O14. The molecule has 0 aliphatic carbocycles. The van der Waals surface area contributed by atoms with Gasteiger partial charge >= 0.3 is 5.97 Å². The standard InChI is InChI=1S/C60H98N16O14/c1-7-11-34(4)90-60(89)39-16-14-38(15-17-39)50(79)69-44(21-27-64)54(83)76-49(36(6)78)59(88)72-42(19-25-62)52(81)68-40-23-29-66-58(87)48(35(5)77)75-55(84)45(22-28-65)70-53(82)43(20-26-63)71-56(85)46(30-33(2)3)73-57(86)47(31-37-12-9-8-10-13-37)74-51(80)41(18-24-61)67-32-40/h8-10,12-17,33-36,40-49,67,77-78H,7,11,18-32,61-65H2,1-6H3,(H,66,87)(H,68,81)(H,69,79)(H,70,82)(H,71,85)(H,72,88)(H,73,86)(H,74,80)(H,75,84)(H,76,83)/t34?,35-,36?,40-,41-,42-,43-,44-,45-,46-,47+,48-,49-/m0/s1. The maximum Gasteiger partial charge on any atom is 0.338 e. The fraction of sp³-hybridized carbons (Fsp3) is 0.617. The minimum atomic E-state index is -1.72. The van der Waals surface area contributed by atoms with E-state index in [1.54, 1.807) is 37.3 Å². The van der Waals surface area contributed by atoms with Crippen molar-refractivity contribution < 1.29 is 67.7 Å². The Bertz CT molecular complexity index is 2650. The van der Waals surface area contributed by atoms with E-state index in [-0.39, 0.29) is 120 Å². The molecule has 1 saturated heterocycles. The van der Waals surface area contributed by atoms with E-state index in [2.05, 4.69) is 58.5 Å². The summed E-state index contributed by atoms with van der Waals surface area (Å²) in [5, 5.41) is 51.0. The van der Waals surface area contributed by atoms with Crippen LogP contribution in [0.4, 0.5) is 0 Å². The number of rotatable bonds is 28. The van der Waals surface area contributed by atoms with Gasteiger partial charge in [0.2, 0.25) is 53.2 Å². The zero-order valence-electron chi connectivity index (χ0n) is 52.5. The van der Waals surface area contributed by atoms with Gasteiger partial charge in [-0.1, -0.05) is 57.5 Å². The van der Waals surface area contributed by atoms with Crippen LogP contribution < -0.4 is 87.2 Å². The first kappa shape index (κ1) is 76.5. The Morgan fingerprint density at radius 3 is 1.63 bits per heavy atom. The molecule has 0 bridgehead atoms. The summed E-state index contributed by atoms with van der Waals surface area (Å²) in [6.45, 7) is 8.72. The highest BCUT2D eigenvalue weighted by molar-refractivity contribution is 6.00. The average Bonchev–Trinajstić information content (AvgIpc) is 1.79. The summed E-state index contributed by atoms with van der Waals surface area (Å²) < 4.78 is 5.43. The molecule has 0 radical (unpaired) electrons. The number of nitrogens with one attached hydrogen (secondary N) is 11. The average molecular weight is 1270 g/mol. The second-order valence-corrected chi connectivity index (χ2v) is 22.8. The molecule has 3 rings (SSSR count). The molecule has 2 aromatic rings. The van der Waals surface area contributed by atoms with Gasteiger partial charge in [-0.2, -0.15) is 0 Å². The maximum absolute atomic E-state index is 14.5. The number of carbonyl (C=O) groups excluding carboxylic acids is 11. The van der Waals surface area contributed by atoms with Crippen LogP contribution in [0.3, 0.4) is 0 Å². The van der Waals surface area contributed by atoms with Crippen LogP contribution in [-0.2, 0) is 54.3 Å². The SMILES string of the molecule is CCCC(C)OC(=O)c1ccc(C(=O)N[C@@H](CCN)C(=O)N[C@H](C(=O)N[C@@H](CCN)C(=O)N[C@H]2CCNC(=O)[C@H]([C@H](C)O)NC(=O)[C@H](CCN)NC(=O)[C@H](CCN)NC(=O)[C@H](CC(C)C)NC(=O)[C@@H](Cc3ccccc3)NC(=O)[C@H](CCN)NC2)C(C)O)cc1. The maximum atomic E-state index is 14.5. The molecular weight excluding hydrogens is 1170 g/mol. The summed E-state index contributed by atoms with van der Waals surface area (Å²) >= 11 is 0. The van der Waals surface area contributed by atoms with Crippen LogP contribution in [0.15, 0.2) is 54.6 Å². The zero-order valence-corrected chi connectivity index (χ0v) is 52.5. The first-order valence-electron chi connectivity index (χ1n) is 30.8. The molecule has 0 saturated carbocycles. The lowest BCUT2D eigenvalue weighted by atomic mass is 10.00. The van der Waals surface area contributed by atoms with E-state index in [1.807, 2.05) is 20.8 Å². The summed E-state index contributed by atoms with van der Waals surface area (Å²) in [7, 11) is 0. The molecule has 502 valence electrons. The van der Waals surface area contributed by atoms with Gasteiger partial charge in [0.25, 0.3) is 5.91 Å². The lowest BCUT2D eigenvalue weighted by Gasteiger charge is -2.29. The quantitative estimate of drug-likeness (QED) is 0.0356. The van der Waals surface area contributed by atoms with Crippen molar-refractivity contribution in [2.45, 2.75) is 184 Å². The summed E-state index contributed by atoms with van der Waals surface area (Å²) in [6.07, 6.45) is -2.65. The van der Waals surface area contributed by atoms with Crippen molar-refractivity contribution in [1.82, 2.24) is 58.5 Å². The summed E-state index contributed by atoms with van der Waals surface area (Å²) in [4.78, 5) is 153. The first-order valence-corrected chi connectivity index (χ1v) is 30.8.